The lowest BCUT2D eigenvalue weighted by atomic mass is 10.2. The van der Waals surface area contributed by atoms with Crippen molar-refractivity contribution >= 4 is 15.9 Å². The van der Waals surface area contributed by atoms with E-state index < -0.39 is 0 Å². The Kier molecular flexibility index (Phi) is 6.82. The van der Waals surface area contributed by atoms with Crippen molar-refractivity contribution in [3.63, 3.8) is 0 Å². The van der Waals surface area contributed by atoms with Crippen molar-refractivity contribution in [2.75, 3.05) is 19.6 Å². The van der Waals surface area contributed by atoms with Crippen LogP contribution in [0.15, 0.2) is 22.7 Å². The van der Waals surface area contributed by atoms with Crippen molar-refractivity contribution < 1.29 is 4.39 Å². The van der Waals surface area contributed by atoms with E-state index in [-0.39, 0.29) is 5.82 Å². The molecule has 0 aliphatic rings. The van der Waals surface area contributed by atoms with E-state index in [0.29, 0.717) is 6.04 Å². The summed E-state index contributed by atoms with van der Waals surface area (Å²) in [4.78, 5) is 2.39. The topological polar surface area (TPSA) is 15.3 Å². The Morgan fingerprint density at radius 2 is 2.00 bits per heavy atom. The largest absolute Gasteiger partial charge is 0.309 e. The van der Waals surface area contributed by atoms with Gasteiger partial charge in [-0.05, 0) is 37.7 Å². The Hall–Kier alpha value is -0.450. The van der Waals surface area contributed by atoms with E-state index in [4.69, 9.17) is 0 Å². The lowest BCUT2D eigenvalue weighted by Gasteiger charge is -2.23. The maximum absolute atomic E-state index is 13.0. The zero-order valence-electron chi connectivity index (χ0n) is 11.3. The number of likely N-dealkylation sites (N-methyl/N-ethyl adjacent to an activating group) is 1. The number of hydrogen-bond donors (Lipinski definition) is 1. The summed E-state index contributed by atoms with van der Waals surface area (Å²) in [6.07, 6.45) is 0. The van der Waals surface area contributed by atoms with Crippen molar-refractivity contribution in [1.82, 2.24) is 10.2 Å². The van der Waals surface area contributed by atoms with Crippen LogP contribution in [0.4, 0.5) is 4.39 Å². The Bertz CT molecular complexity index is 367. The predicted octanol–water partition coefficient (Wildman–Crippen LogP) is 3.41. The highest BCUT2D eigenvalue weighted by Gasteiger charge is 2.08. The summed E-state index contributed by atoms with van der Waals surface area (Å²) >= 11 is 3.38. The first-order chi connectivity index (χ1) is 8.56. The van der Waals surface area contributed by atoms with Gasteiger partial charge in [0, 0.05) is 23.6 Å². The van der Waals surface area contributed by atoms with E-state index in [9.17, 15) is 4.39 Å². The maximum atomic E-state index is 13.0. The number of hydrogen-bond acceptors (Lipinski definition) is 2. The third kappa shape index (κ3) is 5.04. The lowest BCUT2D eigenvalue weighted by Crippen LogP contribution is -2.38. The first-order valence-electron chi connectivity index (χ1n) is 6.46. The van der Waals surface area contributed by atoms with Crippen LogP contribution < -0.4 is 5.32 Å². The van der Waals surface area contributed by atoms with Gasteiger partial charge in [-0.2, -0.15) is 0 Å². The molecule has 0 aromatic heterocycles. The second-order valence-corrected chi connectivity index (χ2v) is 5.36. The molecule has 1 atom stereocenters. The highest BCUT2D eigenvalue weighted by Crippen LogP contribution is 2.17. The third-order valence-corrected chi connectivity index (χ3v) is 3.82. The minimum atomic E-state index is -0.207. The summed E-state index contributed by atoms with van der Waals surface area (Å²) in [6, 6.07) is 5.24. The van der Waals surface area contributed by atoms with Crippen LogP contribution in [0, 0.1) is 5.82 Å². The molecule has 0 radical (unpaired) electrons. The van der Waals surface area contributed by atoms with E-state index in [2.05, 4.69) is 46.9 Å². The fraction of sp³-hybridized carbons (Fsp3) is 0.571. The van der Waals surface area contributed by atoms with Gasteiger partial charge in [0.05, 0.1) is 0 Å². The SMILES string of the molecule is CCN(CC)CC(C)NCc1ccc(F)cc1Br. The number of nitrogens with one attached hydrogen (secondary N) is 1. The smallest absolute Gasteiger partial charge is 0.124 e. The van der Waals surface area contributed by atoms with Gasteiger partial charge in [0.25, 0.3) is 0 Å². The minimum Gasteiger partial charge on any atom is -0.309 e. The molecule has 1 aromatic rings. The van der Waals surface area contributed by atoms with Crippen LogP contribution in [-0.2, 0) is 6.54 Å². The van der Waals surface area contributed by atoms with Crippen LogP contribution in [0.3, 0.4) is 0 Å². The van der Waals surface area contributed by atoms with Crippen LogP contribution in [0.5, 0.6) is 0 Å². The molecule has 0 aliphatic heterocycles. The second-order valence-electron chi connectivity index (χ2n) is 4.50. The molecule has 0 saturated carbocycles. The van der Waals surface area contributed by atoms with Crippen molar-refractivity contribution in [2.45, 2.75) is 33.4 Å². The van der Waals surface area contributed by atoms with Gasteiger partial charge in [-0.1, -0.05) is 35.8 Å². The Morgan fingerprint density at radius 1 is 1.33 bits per heavy atom. The summed E-state index contributed by atoms with van der Waals surface area (Å²) < 4.78 is 13.8. The monoisotopic (exact) mass is 316 g/mol. The normalized spacial score (nSPS) is 13.0. The molecular weight excluding hydrogens is 295 g/mol. The Labute approximate surface area is 118 Å². The standard InChI is InChI=1S/C14H22BrFN2/c1-4-18(5-2)10-11(3)17-9-12-6-7-13(16)8-14(12)15/h6-8,11,17H,4-5,9-10H2,1-3H3. The zero-order valence-corrected chi connectivity index (χ0v) is 12.9. The van der Waals surface area contributed by atoms with E-state index >= 15 is 0 Å². The van der Waals surface area contributed by atoms with Crippen LogP contribution >= 0.6 is 15.9 Å². The average Bonchev–Trinajstić information content (AvgIpc) is 2.35. The van der Waals surface area contributed by atoms with Crippen LogP contribution in [-0.4, -0.2) is 30.6 Å². The van der Waals surface area contributed by atoms with Crippen LogP contribution in [0.25, 0.3) is 0 Å². The number of halogens is 2. The van der Waals surface area contributed by atoms with Crippen molar-refractivity contribution in [3.05, 3.63) is 34.1 Å². The maximum Gasteiger partial charge on any atom is 0.124 e. The van der Waals surface area contributed by atoms with E-state index in [0.717, 1.165) is 36.2 Å². The first kappa shape index (κ1) is 15.6. The quantitative estimate of drug-likeness (QED) is 0.829. The molecular formula is C14H22BrFN2. The summed E-state index contributed by atoms with van der Waals surface area (Å²) in [5.41, 5.74) is 1.09. The molecule has 0 fully saturated rings. The fourth-order valence-electron chi connectivity index (χ4n) is 1.88. The highest BCUT2D eigenvalue weighted by atomic mass is 79.9. The minimum absolute atomic E-state index is 0.207. The fourth-order valence-corrected chi connectivity index (χ4v) is 2.37. The molecule has 18 heavy (non-hydrogen) atoms. The molecule has 102 valence electrons. The highest BCUT2D eigenvalue weighted by molar-refractivity contribution is 9.10. The molecule has 0 saturated heterocycles. The van der Waals surface area contributed by atoms with E-state index in [1.807, 2.05) is 6.07 Å². The number of rotatable bonds is 7. The molecule has 1 N–H and O–H groups in total. The number of nitrogens with zero attached hydrogens (tertiary/aromatic N) is 1. The molecule has 0 spiro atoms. The van der Waals surface area contributed by atoms with Gasteiger partial charge in [-0.25, -0.2) is 4.39 Å². The Balaban J connectivity index is 2.44. The van der Waals surface area contributed by atoms with E-state index in [1.54, 1.807) is 0 Å². The average molecular weight is 317 g/mol. The molecule has 0 bridgehead atoms. The van der Waals surface area contributed by atoms with Gasteiger partial charge in [0.15, 0.2) is 0 Å². The second kappa shape index (κ2) is 7.87. The van der Waals surface area contributed by atoms with Crippen molar-refractivity contribution in [1.29, 1.82) is 0 Å². The van der Waals surface area contributed by atoms with Crippen LogP contribution in [0.2, 0.25) is 0 Å². The van der Waals surface area contributed by atoms with Gasteiger partial charge in [-0.15, -0.1) is 0 Å². The van der Waals surface area contributed by atoms with Gasteiger partial charge in [0.1, 0.15) is 5.82 Å². The summed E-state index contributed by atoms with van der Waals surface area (Å²) in [5, 5.41) is 3.46. The zero-order chi connectivity index (χ0) is 13.5. The van der Waals surface area contributed by atoms with Gasteiger partial charge in [-0.3, -0.25) is 0 Å². The van der Waals surface area contributed by atoms with Crippen LogP contribution in [0.1, 0.15) is 26.3 Å². The van der Waals surface area contributed by atoms with Crippen molar-refractivity contribution in [3.8, 4) is 0 Å². The summed E-state index contributed by atoms with van der Waals surface area (Å²) in [7, 11) is 0. The van der Waals surface area contributed by atoms with Crippen molar-refractivity contribution in [2.24, 2.45) is 0 Å². The van der Waals surface area contributed by atoms with E-state index in [1.165, 1.54) is 12.1 Å². The molecule has 0 heterocycles. The van der Waals surface area contributed by atoms with Gasteiger partial charge < -0.3 is 10.2 Å². The summed E-state index contributed by atoms with van der Waals surface area (Å²) in [6.45, 7) is 10.5. The Morgan fingerprint density at radius 3 is 2.56 bits per heavy atom. The molecule has 0 aliphatic carbocycles. The predicted molar refractivity (Wildman–Crippen MR) is 78.2 cm³/mol. The third-order valence-electron chi connectivity index (χ3n) is 3.08. The lowest BCUT2D eigenvalue weighted by molar-refractivity contribution is 0.270. The molecule has 1 unspecified atom stereocenters. The molecule has 1 aromatic carbocycles. The number of benzene rings is 1. The van der Waals surface area contributed by atoms with Gasteiger partial charge >= 0.3 is 0 Å². The molecule has 4 heteroatoms. The molecule has 0 amide bonds. The van der Waals surface area contributed by atoms with Gasteiger partial charge in [0.2, 0.25) is 0 Å². The molecule has 1 rings (SSSR count). The summed E-state index contributed by atoms with van der Waals surface area (Å²) in [5.74, 6) is -0.207. The first-order valence-corrected chi connectivity index (χ1v) is 7.25. The molecule has 2 nitrogen and oxygen atoms in total.